The fourth-order valence-electron chi connectivity index (χ4n) is 7.07. The van der Waals surface area contributed by atoms with Gasteiger partial charge in [0.15, 0.2) is 0 Å². The zero-order chi connectivity index (χ0) is 31.2. The van der Waals surface area contributed by atoms with E-state index < -0.39 is 6.04 Å². The van der Waals surface area contributed by atoms with Crippen molar-refractivity contribution in [3.63, 3.8) is 0 Å². The number of piperidine rings is 2. The van der Waals surface area contributed by atoms with E-state index in [4.69, 9.17) is 0 Å². The van der Waals surface area contributed by atoms with Crippen LogP contribution in [0.25, 0.3) is 0 Å². The molecule has 2 aromatic carbocycles. The molecule has 2 aromatic rings. The van der Waals surface area contributed by atoms with Crippen LogP contribution < -0.4 is 10.6 Å². The molecule has 238 valence electrons. The smallest absolute Gasteiger partial charge is 0.322 e. The second-order valence-electron chi connectivity index (χ2n) is 12.8. The van der Waals surface area contributed by atoms with Gasteiger partial charge < -0.3 is 30.2 Å². The van der Waals surface area contributed by atoms with Crippen molar-refractivity contribution < 1.29 is 14.4 Å². The number of hydrogen-bond donors (Lipinski definition) is 2. The first-order valence-electron chi connectivity index (χ1n) is 16.5. The van der Waals surface area contributed by atoms with E-state index in [1.54, 1.807) is 0 Å². The van der Waals surface area contributed by atoms with Gasteiger partial charge in [0.25, 0.3) is 0 Å². The second kappa shape index (κ2) is 14.5. The number of anilines is 1. The first-order valence-corrected chi connectivity index (χ1v) is 16.5. The van der Waals surface area contributed by atoms with Crippen LogP contribution in [0.15, 0.2) is 42.5 Å². The molecule has 9 heteroatoms. The van der Waals surface area contributed by atoms with Crippen LogP contribution in [-0.2, 0) is 30.5 Å². The summed E-state index contributed by atoms with van der Waals surface area (Å²) in [6, 6.07) is 14.0. The third-order valence-electron chi connectivity index (χ3n) is 9.84. The number of para-hydroxylation sites is 1. The van der Waals surface area contributed by atoms with E-state index in [-0.39, 0.29) is 24.0 Å². The Hall–Kier alpha value is -3.59. The number of likely N-dealkylation sites (tertiary alicyclic amines) is 2. The number of hydrogen-bond acceptors (Lipinski definition) is 4. The summed E-state index contributed by atoms with van der Waals surface area (Å²) in [4.78, 5) is 48.6. The van der Waals surface area contributed by atoms with Gasteiger partial charge >= 0.3 is 12.1 Å². The molecule has 3 heterocycles. The number of likely N-dealkylation sites (N-methyl/N-ethyl adjacent to an activating group) is 1. The lowest BCUT2D eigenvalue weighted by Crippen LogP contribution is -2.58. The Balaban J connectivity index is 1.25. The topological polar surface area (TPSA) is 88.2 Å². The average Bonchev–Trinajstić information content (AvgIpc) is 3.22. The summed E-state index contributed by atoms with van der Waals surface area (Å²) in [5, 5.41) is 6.23. The van der Waals surface area contributed by atoms with Crippen molar-refractivity contribution in [2.24, 2.45) is 0 Å². The van der Waals surface area contributed by atoms with E-state index in [1.807, 2.05) is 32.9 Å². The minimum Gasteiger partial charge on any atom is -0.339 e. The lowest BCUT2D eigenvalue weighted by atomic mass is 9.96. The predicted octanol–water partition coefficient (Wildman–Crippen LogP) is 4.54. The van der Waals surface area contributed by atoms with Crippen molar-refractivity contribution in [1.82, 2.24) is 24.9 Å². The summed E-state index contributed by atoms with van der Waals surface area (Å²) < 4.78 is 0. The summed E-state index contributed by atoms with van der Waals surface area (Å²) in [7, 11) is 4.13. The maximum absolute atomic E-state index is 14.0. The van der Waals surface area contributed by atoms with Crippen LogP contribution in [-0.4, -0.2) is 103 Å². The normalized spacial score (nSPS) is 20.2. The van der Waals surface area contributed by atoms with E-state index in [2.05, 4.69) is 67.7 Å². The van der Waals surface area contributed by atoms with Gasteiger partial charge in [-0.2, -0.15) is 0 Å². The molecule has 0 spiro atoms. The van der Waals surface area contributed by atoms with Crippen molar-refractivity contribution in [2.75, 3.05) is 52.1 Å². The Bertz CT molecular complexity index is 1320. The SMILES string of the molecule is CCc1ccc(CC(NC(=O)N2CCC(N3CCc4ccccc4NC3=O)CC2)C(=O)N2CCC[C@@H](N(C)C)C2)cc1CC. The van der Waals surface area contributed by atoms with Crippen molar-refractivity contribution in [1.29, 1.82) is 0 Å². The largest absolute Gasteiger partial charge is 0.339 e. The van der Waals surface area contributed by atoms with E-state index >= 15 is 0 Å². The lowest BCUT2D eigenvalue weighted by Gasteiger charge is -2.39. The molecule has 2 saturated heterocycles. The molecule has 5 amide bonds. The van der Waals surface area contributed by atoms with Gasteiger partial charge in [0.05, 0.1) is 0 Å². The van der Waals surface area contributed by atoms with Gasteiger partial charge in [0.2, 0.25) is 5.91 Å². The number of nitrogens with zero attached hydrogens (tertiary/aromatic N) is 4. The third kappa shape index (κ3) is 7.37. The third-order valence-corrected chi connectivity index (χ3v) is 9.84. The zero-order valence-corrected chi connectivity index (χ0v) is 27.0. The van der Waals surface area contributed by atoms with Crippen LogP contribution in [0.1, 0.15) is 61.8 Å². The number of benzene rings is 2. The Morgan fingerprint density at radius 1 is 0.955 bits per heavy atom. The Morgan fingerprint density at radius 2 is 1.70 bits per heavy atom. The molecule has 0 aliphatic carbocycles. The minimum atomic E-state index is -0.631. The summed E-state index contributed by atoms with van der Waals surface area (Å²) in [6.45, 7) is 7.49. The van der Waals surface area contributed by atoms with Crippen molar-refractivity contribution in [3.8, 4) is 0 Å². The number of amides is 5. The van der Waals surface area contributed by atoms with Gasteiger partial charge in [-0.05, 0) is 87.4 Å². The van der Waals surface area contributed by atoms with E-state index in [1.165, 1.54) is 11.1 Å². The number of rotatable bonds is 8. The van der Waals surface area contributed by atoms with Gasteiger partial charge in [-0.25, -0.2) is 9.59 Å². The molecule has 2 fully saturated rings. The van der Waals surface area contributed by atoms with Crippen molar-refractivity contribution in [2.45, 2.75) is 83.3 Å². The highest BCUT2D eigenvalue weighted by Crippen LogP contribution is 2.25. The van der Waals surface area contributed by atoms with Gasteiger partial charge in [-0.3, -0.25) is 4.79 Å². The maximum atomic E-state index is 14.0. The molecule has 0 radical (unpaired) electrons. The van der Waals surface area contributed by atoms with E-state index in [9.17, 15) is 14.4 Å². The molecule has 44 heavy (non-hydrogen) atoms. The molecule has 1 unspecified atom stereocenters. The highest BCUT2D eigenvalue weighted by atomic mass is 16.2. The van der Waals surface area contributed by atoms with Gasteiger partial charge in [-0.1, -0.05) is 50.2 Å². The number of carbonyl (C=O) groups excluding carboxylic acids is 3. The Kier molecular flexibility index (Phi) is 10.5. The molecular weight excluding hydrogens is 552 g/mol. The number of carbonyl (C=O) groups is 3. The number of aryl methyl sites for hydroxylation is 2. The average molecular weight is 603 g/mol. The lowest BCUT2D eigenvalue weighted by molar-refractivity contribution is -0.135. The molecule has 5 rings (SSSR count). The summed E-state index contributed by atoms with van der Waals surface area (Å²) in [6.07, 6.45) is 6.65. The quantitative estimate of drug-likeness (QED) is 0.465. The number of nitrogens with one attached hydrogen (secondary N) is 2. The minimum absolute atomic E-state index is 0.00166. The molecular formula is C35H50N6O3. The number of urea groups is 2. The summed E-state index contributed by atoms with van der Waals surface area (Å²) in [5.41, 5.74) is 5.74. The monoisotopic (exact) mass is 602 g/mol. The maximum Gasteiger partial charge on any atom is 0.322 e. The fraction of sp³-hybridized carbons (Fsp3) is 0.571. The molecule has 3 aliphatic rings. The Labute approximate surface area is 262 Å². The molecule has 0 saturated carbocycles. The molecule has 0 bridgehead atoms. The summed E-state index contributed by atoms with van der Waals surface area (Å²) in [5.74, 6) is -0.00166. The van der Waals surface area contributed by atoms with Gasteiger partial charge in [0.1, 0.15) is 6.04 Å². The number of fused-ring (bicyclic) bond motifs is 1. The molecule has 0 aromatic heterocycles. The van der Waals surface area contributed by atoms with Crippen LogP contribution in [0.3, 0.4) is 0 Å². The predicted molar refractivity (Wildman–Crippen MR) is 175 cm³/mol. The molecule has 2 N–H and O–H groups in total. The van der Waals surface area contributed by atoms with Crippen LogP contribution >= 0.6 is 0 Å². The highest BCUT2D eigenvalue weighted by molar-refractivity contribution is 5.91. The zero-order valence-electron chi connectivity index (χ0n) is 27.0. The van der Waals surface area contributed by atoms with Crippen LogP contribution in [0.5, 0.6) is 0 Å². The van der Waals surface area contributed by atoms with E-state index in [0.717, 1.165) is 55.5 Å². The first-order chi connectivity index (χ1) is 21.3. The van der Waals surface area contributed by atoms with Crippen LogP contribution in [0, 0.1) is 0 Å². The molecule has 9 nitrogen and oxygen atoms in total. The first kappa shape index (κ1) is 31.8. The second-order valence-corrected chi connectivity index (χ2v) is 12.8. The van der Waals surface area contributed by atoms with Crippen LogP contribution in [0.2, 0.25) is 0 Å². The highest BCUT2D eigenvalue weighted by Gasteiger charge is 2.34. The summed E-state index contributed by atoms with van der Waals surface area (Å²) >= 11 is 0. The van der Waals surface area contributed by atoms with Crippen molar-refractivity contribution in [3.05, 3.63) is 64.7 Å². The molecule has 3 aliphatic heterocycles. The van der Waals surface area contributed by atoms with Gasteiger partial charge in [0, 0.05) is 56.9 Å². The van der Waals surface area contributed by atoms with Crippen LogP contribution in [0.4, 0.5) is 15.3 Å². The molecule has 2 atom stereocenters. The van der Waals surface area contributed by atoms with Crippen molar-refractivity contribution >= 4 is 23.7 Å². The standard InChI is InChI=1S/C35H50N6O3/c1-5-26-14-13-25(22-27(26)6-2)23-32(33(42)40-18-9-11-30(24-40)38(3)4)37-34(43)39-19-16-29(17-20-39)41-21-15-28-10-7-8-12-31(28)36-35(41)44/h7-8,10,12-14,22,29-30,32H,5-6,9,11,15-21,23-24H2,1-4H3,(H,36,44)(H,37,43)/t30-,32?/m1/s1. The Morgan fingerprint density at radius 3 is 2.43 bits per heavy atom. The van der Waals surface area contributed by atoms with Gasteiger partial charge in [-0.15, -0.1) is 0 Å². The van der Waals surface area contributed by atoms with E-state index in [0.29, 0.717) is 51.5 Å². The fourth-order valence-corrected chi connectivity index (χ4v) is 7.07.